The van der Waals surface area contributed by atoms with Crippen LogP contribution in [0.3, 0.4) is 0 Å². The third-order valence-electron chi connectivity index (χ3n) is 3.44. The highest BCUT2D eigenvalue weighted by molar-refractivity contribution is 8.18. The normalized spacial score (nSPS) is 20.9. The first kappa shape index (κ1) is 14.3. The molecule has 0 aromatic carbocycles. The molecule has 0 saturated carbocycles. The molecule has 2 aliphatic rings. The van der Waals surface area contributed by atoms with Gasteiger partial charge in [-0.25, -0.2) is 0 Å². The van der Waals surface area contributed by atoms with Gasteiger partial charge >= 0.3 is 0 Å². The quantitative estimate of drug-likeness (QED) is 0.802. The lowest BCUT2D eigenvalue weighted by Gasteiger charge is -2.18. The Balaban J connectivity index is 1.70. The second-order valence-electron chi connectivity index (χ2n) is 4.87. The highest BCUT2D eigenvalue weighted by Gasteiger charge is 2.37. The Bertz CT molecular complexity index is 604. The Morgan fingerprint density at radius 3 is 2.71 bits per heavy atom. The molecule has 2 aliphatic heterocycles. The maximum absolute atomic E-state index is 12.2. The van der Waals surface area contributed by atoms with E-state index in [0.29, 0.717) is 4.91 Å². The van der Waals surface area contributed by atoms with Crippen molar-refractivity contribution in [1.82, 2.24) is 9.80 Å². The van der Waals surface area contributed by atoms with Crippen molar-refractivity contribution in [2.45, 2.75) is 12.8 Å². The third-order valence-corrected chi connectivity index (χ3v) is 5.17. The van der Waals surface area contributed by atoms with Gasteiger partial charge in [0.25, 0.3) is 11.1 Å². The summed E-state index contributed by atoms with van der Waals surface area (Å²) in [6.45, 7) is 1.30. The van der Waals surface area contributed by atoms with Crippen molar-refractivity contribution in [2.24, 2.45) is 0 Å². The van der Waals surface area contributed by atoms with Gasteiger partial charge in [-0.3, -0.25) is 19.3 Å². The molecule has 3 amide bonds. The molecule has 0 radical (unpaired) electrons. The molecule has 0 unspecified atom stereocenters. The summed E-state index contributed by atoms with van der Waals surface area (Å²) in [6, 6.07) is 3.77. The number of carbonyl (C=O) groups is 3. The molecular formula is C14H14N2O3S2. The van der Waals surface area contributed by atoms with E-state index in [9.17, 15) is 14.4 Å². The highest BCUT2D eigenvalue weighted by Crippen LogP contribution is 2.32. The van der Waals surface area contributed by atoms with Crippen LogP contribution in [0.5, 0.6) is 0 Å². The molecule has 2 fully saturated rings. The van der Waals surface area contributed by atoms with Crippen molar-refractivity contribution in [3.63, 3.8) is 0 Å². The molecule has 21 heavy (non-hydrogen) atoms. The summed E-state index contributed by atoms with van der Waals surface area (Å²) in [7, 11) is 0. The number of thiophene rings is 1. The van der Waals surface area contributed by atoms with Crippen molar-refractivity contribution in [1.29, 1.82) is 0 Å². The first-order valence-corrected chi connectivity index (χ1v) is 8.41. The van der Waals surface area contributed by atoms with Gasteiger partial charge < -0.3 is 4.90 Å². The van der Waals surface area contributed by atoms with Crippen LogP contribution in [0.1, 0.15) is 17.7 Å². The van der Waals surface area contributed by atoms with Crippen LogP contribution in [0.25, 0.3) is 6.08 Å². The number of rotatable bonds is 3. The lowest BCUT2D eigenvalue weighted by Crippen LogP contribution is -2.40. The van der Waals surface area contributed by atoms with Gasteiger partial charge in [-0.05, 0) is 42.1 Å². The molecule has 0 atom stereocenters. The van der Waals surface area contributed by atoms with E-state index < -0.39 is 0 Å². The van der Waals surface area contributed by atoms with Crippen molar-refractivity contribution < 1.29 is 14.4 Å². The zero-order valence-electron chi connectivity index (χ0n) is 11.3. The van der Waals surface area contributed by atoms with Crippen LogP contribution in [-0.4, -0.2) is 46.5 Å². The van der Waals surface area contributed by atoms with Crippen molar-refractivity contribution >= 4 is 46.2 Å². The second kappa shape index (κ2) is 6.03. The highest BCUT2D eigenvalue weighted by atomic mass is 32.2. The summed E-state index contributed by atoms with van der Waals surface area (Å²) in [5.74, 6) is -0.516. The maximum atomic E-state index is 12.2. The van der Waals surface area contributed by atoms with Gasteiger partial charge in [0.15, 0.2) is 0 Å². The van der Waals surface area contributed by atoms with Crippen molar-refractivity contribution in [3.8, 4) is 0 Å². The predicted molar refractivity (Wildman–Crippen MR) is 82.8 cm³/mol. The number of hydrogen-bond acceptors (Lipinski definition) is 5. The molecule has 1 aromatic heterocycles. The van der Waals surface area contributed by atoms with Crippen LogP contribution < -0.4 is 0 Å². The Morgan fingerprint density at radius 2 is 2.05 bits per heavy atom. The van der Waals surface area contributed by atoms with Gasteiger partial charge in [-0.15, -0.1) is 11.3 Å². The Hall–Kier alpha value is -1.60. The number of carbonyl (C=O) groups excluding carboxylic acids is 3. The molecular weight excluding hydrogens is 308 g/mol. The van der Waals surface area contributed by atoms with Crippen LogP contribution in [0.15, 0.2) is 22.4 Å². The number of hydrogen-bond donors (Lipinski definition) is 0. The molecule has 2 saturated heterocycles. The van der Waals surface area contributed by atoms with E-state index in [1.165, 1.54) is 11.3 Å². The smallest absolute Gasteiger partial charge is 0.294 e. The number of thioether (sulfide) groups is 1. The minimum Gasteiger partial charge on any atom is -0.341 e. The van der Waals surface area contributed by atoms with E-state index in [1.54, 1.807) is 11.0 Å². The summed E-state index contributed by atoms with van der Waals surface area (Å²) < 4.78 is 0. The fourth-order valence-electron chi connectivity index (χ4n) is 2.34. The standard InChI is InChI=1S/C14H14N2O3S2/c17-12(15-5-1-2-6-15)9-16-13(18)11(21-14(16)19)8-10-4-3-7-20-10/h3-4,7-8H,1-2,5-6,9H2/b11-8-. The number of nitrogens with zero attached hydrogens (tertiary/aromatic N) is 2. The predicted octanol–water partition coefficient (Wildman–Crippen LogP) is 2.41. The first-order chi connectivity index (χ1) is 10.1. The van der Waals surface area contributed by atoms with Gasteiger partial charge in [0.1, 0.15) is 6.54 Å². The van der Waals surface area contributed by atoms with Gasteiger partial charge in [0, 0.05) is 18.0 Å². The maximum Gasteiger partial charge on any atom is 0.294 e. The van der Waals surface area contributed by atoms with Gasteiger partial charge in [0.2, 0.25) is 5.91 Å². The van der Waals surface area contributed by atoms with E-state index >= 15 is 0 Å². The molecule has 0 bridgehead atoms. The van der Waals surface area contributed by atoms with Crippen molar-refractivity contribution in [3.05, 3.63) is 27.3 Å². The Kier molecular flexibility index (Phi) is 4.12. The molecule has 1 aromatic rings. The third kappa shape index (κ3) is 3.03. The van der Waals surface area contributed by atoms with Crippen LogP contribution in [0.4, 0.5) is 4.79 Å². The minimum atomic E-state index is -0.369. The van der Waals surface area contributed by atoms with Crippen molar-refractivity contribution in [2.75, 3.05) is 19.6 Å². The molecule has 0 spiro atoms. The van der Waals surface area contributed by atoms with E-state index in [1.807, 2.05) is 17.5 Å². The minimum absolute atomic E-state index is 0.146. The van der Waals surface area contributed by atoms with E-state index in [0.717, 1.165) is 47.5 Å². The summed E-state index contributed by atoms with van der Waals surface area (Å²) in [5.41, 5.74) is 0. The number of amides is 3. The van der Waals surface area contributed by atoms with Gasteiger partial charge in [0.05, 0.1) is 4.91 Å². The molecule has 7 heteroatoms. The largest absolute Gasteiger partial charge is 0.341 e. The fraction of sp³-hybridized carbons (Fsp3) is 0.357. The first-order valence-electron chi connectivity index (χ1n) is 6.72. The summed E-state index contributed by atoms with van der Waals surface area (Å²) in [6.07, 6.45) is 3.69. The molecule has 5 nitrogen and oxygen atoms in total. The van der Waals surface area contributed by atoms with Crippen LogP contribution in [0, 0.1) is 0 Å². The summed E-state index contributed by atoms with van der Waals surface area (Å²) in [5, 5.41) is 1.54. The summed E-state index contributed by atoms with van der Waals surface area (Å²) in [4.78, 5) is 40.3. The van der Waals surface area contributed by atoms with Crippen LogP contribution in [-0.2, 0) is 9.59 Å². The van der Waals surface area contributed by atoms with E-state index in [2.05, 4.69) is 0 Å². The zero-order valence-corrected chi connectivity index (χ0v) is 12.9. The van der Waals surface area contributed by atoms with Crippen LogP contribution in [0.2, 0.25) is 0 Å². The lowest BCUT2D eigenvalue weighted by molar-refractivity contribution is -0.135. The van der Waals surface area contributed by atoms with Gasteiger partial charge in [-0.1, -0.05) is 6.07 Å². The Labute approximate surface area is 130 Å². The molecule has 0 N–H and O–H groups in total. The van der Waals surface area contributed by atoms with E-state index in [-0.39, 0.29) is 23.6 Å². The summed E-state index contributed by atoms with van der Waals surface area (Å²) >= 11 is 2.40. The van der Waals surface area contributed by atoms with Gasteiger partial charge in [-0.2, -0.15) is 0 Å². The number of likely N-dealkylation sites (tertiary alicyclic amines) is 1. The lowest BCUT2D eigenvalue weighted by atomic mass is 10.3. The second-order valence-corrected chi connectivity index (χ2v) is 6.84. The Morgan fingerprint density at radius 1 is 1.29 bits per heavy atom. The molecule has 110 valence electrons. The molecule has 3 rings (SSSR count). The number of imide groups is 1. The average molecular weight is 322 g/mol. The fourth-order valence-corrected chi connectivity index (χ4v) is 3.90. The molecule has 0 aliphatic carbocycles. The monoisotopic (exact) mass is 322 g/mol. The van der Waals surface area contributed by atoms with E-state index in [4.69, 9.17) is 0 Å². The average Bonchev–Trinajstić information content (AvgIpc) is 3.18. The SMILES string of the molecule is O=C(CN1C(=O)S/C(=C\c2cccs2)C1=O)N1CCCC1. The molecule has 3 heterocycles. The topological polar surface area (TPSA) is 57.7 Å². The van der Waals surface area contributed by atoms with Crippen LogP contribution >= 0.6 is 23.1 Å². The zero-order chi connectivity index (χ0) is 14.8.